The summed E-state index contributed by atoms with van der Waals surface area (Å²) in [6.45, 7) is 1.78. The van der Waals surface area contributed by atoms with Gasteiger partial charge >= 0.3 is 5.97 Å². The molecule has 2 rings (SSSR count). The number of carboxylic acids is 1. The number of nitrogens with zero attached hydrogens (tertiary/aromatic N) is 2. The van der Waals surface area contributed by atoms with Crippen LogP contribution in [0, 0.1) is 6.92 Å². The van der Waals surface area contributed by atoms with Crippen molar-refractivity contribution >= 4 is 5.97 Å². The van der Waals surface area contributed by atoms with E-state index in [9.17, 15) is 4.79 Å². The predicted molar refractivity (Wildman–Crippen MR) is 53.5 cm³/mol. The molecule has 0 aromatic carbocycles. The van der Waals surface area contributed by atoms with Crippen molar-refractivity contribution in [3.8, 4) is 11.4 Å². The molecular formula is C10H9N3O2. The van der Waals surface area contributed by atoms with Crippen LogP contribution in [0.15, 0.2) is 24.5 Å². The van der Waals surface area contributed by atoms with Crippen molar-refractivity contribution in [3.05, 3.63) is 35.9 Å². The highest BCUT2D eigenvalue weighted by Crippen LogP contribution is 2.16. The zero-order valence-electron chi connectivity index (χ0n) is 8.06. The maximum Gasteiger partial charge on any atom is 0.337 e. The molecule has 0 spiro atoms. The Bertz CT molecular complexity index is 505. The van der Waals surface area contributed by atoms with Crippen LogP contribution in [-0.4, -0.2) is 26.0 Å². The second-order valence-corrected chi connectivity index (χ2v) is 3.10. The standard InChI is InChI=1S/C10H9N3O2/c1-6-11-3-2-8(13-6)9-4-7(5-12-9)10(14)15/h2-5,12H,1H3,(H,14,15). The first-order chi connectivity index (χ1) is 7.16. The summed E-state index contributed by atoms with van der Waals surface area (Å²) in [5.74, 6) is -0.303. The molecule has 0 aliphatic heterocycles. The molecule has 5 heteroatoms. The third-order valence-electron chi connectivity index (χ3n) is 1.98. The molecule has 0 fully saturated rings. The molecule has 0 aliphatic carbocycles. The molecule has 0 saturated carbocycles. The molecule has 0 bridgehead atoms. The van der Waals surface area contributed by atoms with Crippen molar-refractivity contribution in [2.45, 2.75) is 6.92 Å². The van der Waals surface area contributed by atoms with Crippen LogP contribution in [-0.2, 0) is 0 Å². The lowest BCUT2D eigenvalue weighted by molar-refractivity contribution is 0.0697. The van der Waals surface area contributed by atoms with Gasteiger partial charge in [0.2, 0.25) is 0 Å². The molecule has 0 radical (unpaired) electrons. The molecule has 0 amide bonds. The van der Waals surface area contributed by atoms with Crippen molar-refractivity contribution in [2.75, 3.05) is 0 Å². The van der Waals surface area contributed by atoms with Crippen molar-refractivity contribution in [1.29, 1.82) is 0 Å². The molecule has 0 atom stereocenters. The number of nitrogens with one attached hydrogen (secondary N) is 1. The van der Waals surface area contributed by atoms with E-state index in [2.05, 4.69) is 15.0 Å². The molecule has 15 heavy (non-hydrogen) atoms. The maximum absolute atomic E-state index is 10.7. The average molecular weight is 203 g/mol. The SMILES string of the molecule is Cc1nccc(-c2cc(C(=O)O)c[nH]2)n1. The number of rotatable bonds is 2. The number of carboxylic acid groups (broad SMARTS) is 1. The van der Waals surface area contributed by atoms with Crippen molar-refractivity contribution in [1.82, 2.24) is 15.0 Å². The first-order valence-electron chi connectivity index (χ1n) is 4.38. The Morgan fingerprint density at radius 1 is 1.53 bits per heavy atom. The molecule has 2 aromatic rings. The van der Waals surface area contributed by atoms with Gasteiger partial charge in [-0.15, -0.1) is 0 Å². The number of hydrogen-bond acceptors (Lipinski definition) is 3. The minimum atomic E-state index is -0.955. The topological polar surface area (TPSA) is 78.9 Å². The van der Waals surface area contributed by atoms with Crippen LogP contribution in [0.5, 0.6) is 0 Å². The van der Waals surface area contributed by atoms with Crippen molar-refractivity contribution in [2.24, 2.45) is 0 Å². The molecule has 0 saturated heterocycles. The Kier molecular flexibility index (Phi) is 2.21. The number of aromatic carboxylic acids is 1. The van der Waals surface area contributed by atoms with Crippen LogP contribution >= 0.6 is 0 Å². The third-order valence-corrected chi connectivity index (χ3v) is 1.98. The molecule has 0 aliphatic rings. The number of H-pyrrole nitrogens is 1. The fourth-order valence-corrected chi connectivity index (χ4v) is 1.27. The molecular weight excluding hydrogens is 194 g/mol. The van der Waals surface area contributed by atoms with Gasteiger partial charge in [-0.3, -0.25) is 0 Å². The molecule has 2 aromatic heterocycles. The second-order valence-electron chi connectivity index (χ2n) is 3.10. The Morgan fingerprint density at radius 3 is 2.93 bits per heavy atom. The Morgan fingerprint density at radius 2 is 2.33 bits per heavy atom. The van der Waals surface area contributed by atoms with Gasteiger partial charge in [-0.2, -0.15) is 0 Å². The molecule has 0 unspecified atom stereocenters. The molecule has 5 nitrogen and oxygen atoms in total. The summed E-state index contributed by atoms with van der Waals surface area (Å²) in [7, 11) is 0. The first-order valence-corrected chi connectivity index (χ1v) is 4.38. The number of aromatic nitrogens is 3. The van der Waals surface area contributed by atoms with E-state index in [1.807, 2.05) is 0 Å². The minimum Gasteiger partial charge on any atom is -0.478 e. The Balaban J connectivity index is 2.41. The second kappa shape index (κ2) is 3.53. The fourth-order valence-electron chi connectivity index (χ4n) is 1.27. The van der Waals surface area contributed by atoms with E-state index in [0.29, 0.717) is 17.2 Å². The number of aryl methyl sites for hydroxylation is 1. The number of hydrogen-bond donors (Lipinski definition) is 2. The van der Waals surface area contributed by atoms with Crippen LogP contribution in [0.3, 0.4) is 0 Å². The average Bonchev–Trinajstić information content (AvgIpc) is 2.66. The van der Waals surface area contributed by atoms with Gasteiger partial charge in [0.25, 0.3) is 0 Å². The van der Waals surface area contributed by atoms with Crippen molar-refractivity contribution in [3.63, 3.8) is 0 Å². The number of carbonyl (C=O) groups is 1. The normalized spacial score (nSPS) is 10.2. The van der Waals surface area contributed by atoms with E-state index in [-0.39, 0.29) is 5.56 Å². The largest absolute Gasteiger partial charge is 0.478 e. The molecule has 76 valence electrons. The van der Waals surface area contributed by atoms with Gasteiger partial charge in [-0.25, -0.2) is 14.8 Å². The van der Waals surface area contributed by atoms with Gasteiger partial charge in [0.1, 0.15) is 5.82 Å². The van der Waals surface area contributed by atoms with Crippen LogP contribution in [0.4, 0.5) is 0 Å². The molecule has 2 heterocycles. The lowest BCUT2D eigenvalue weighted by atomic mass is 10.2. The Labute approximate surface area is 85.8 Å². The summed E-state index contributed by atoms with van der Waals surface area (Å²) >= 11 is 0. The highest BCUT2D eigenvalue weighted by molar-refractivity contribution is 5.88. The van der Waals surface area contributed by atoms with E-state index in [0.717, 1.165) is 0 Å². The quantitative estimate of drug-likeness (QED) is 0.774. The summed E-state index contributed by atoms with van der Waals surface area (Å²) in [5.41, 5.74) is 1.59. The highest BCUT2D eigenvalue weighted by atomic mass is 16.4. The van der Waals surface area contributed by atoms with Gasteiger partial charge in [-0.05, 0) is 19.1 Å². The minimum absolute atomic E-state index is 0.223. The number of aromatic amines is 1. The van der Waals surface area contributed by atoms with E-state index in [4.69, 9.17) is 5.11 Å². The van der Waals surface area contributed by atoms with E-state index in [1.54, 1.807) is 25.3 Å². The molecule has 2 N–H and O–H groups in total. The lowest BCUT2D eigenvalue weighted by Gasteiger charge is -1.96. The van der Waals surface area contributed by atoms with Crippen molar-refractivity contribution < 1.29 is 9.90 Å². The summed E-state index contributed by atoms with van der Waals surface area (Å²) in [6, 6.07) is 3.27. The smallest absolute Gasteiger partial charge is 0.337 e. The third kappa shape index (κ3) is 1.85. The summed E-state index contributed by atoms with van der Waals surface area (Å²) in [5, 5.41) is 8.75. The Hall–Kier alpha value is -2.17. The van der Waals surface area contributed by atoms with Gasteiger partial charge in [0.05, 0.1) is 17.0 Å². The van der Waals surface area contributed by atoms with Crippen LogP contribution in [0.25, 0.3) is 11.4 Å². The fraction of sp³-hybridized carbons (Fsp3) is 0.100. The van der Waals surface area contributed by atoms with E-state index < -0.39 is 5.97 Å². The zero-order valence-corrected chi connectivity index (χ0v) is 8.06. The van der Waals surface area contributed by atoms with Crippen LogP contribution in [0.2, 0.25) is 0 Å². The zero-order chi connectivity index (χ0) is 10.8. The van der Waals surface area contributed by atoms with Gasteiger partial charge in [0, 0.05) is 12.4 Å². The van der Waals surface area contributed by atoms with E-state index in [1.165, 1.54) is 6.20 Å². The first kappa shape index (κ1) is 9.39. The van der Waals surface area contributed by atoms with Gasteiger partial charge in [-0.1, -0.05) is 0 Å². The van der Waals surface area contributed by atoms with Crippen LogP contribution < -0.4 is 0 Å². The van der Waals surface area contributed by atoms with Gasteiger partial charge in [0.15, 0.2) is 0 Å². The highest BCUT2D eigenvalue weighted by Gasteiger charge is 2.08. The maximum atomic E-state index is 10.7. The lowest BCUT2D eigenvalue weighted by Crippen LogP contribution is -1.92. The summed E-state index contributed by atoms with van der Waals surface area (Å²) < 4.78 is 0. The monoisotopic (exact) mass is 203 g/mol. The summed E-state index contributed by atoms with van der Waals surface area (Å²) in [6.07, 6.45) is 3.08. The van der Waals surface area contributed by atoms with Crippen LogP contribution in [0.1, 0.15) is 16.2 Å². The summed E-state index contributed by atoms with van der Waals surface area (Å²) in [4.78, 5) is 21.7. The van der Waals surface area contributed by atoms with E-state index >= 15 is 0 Å². The predicted octanol–water partition coefficient (Wildman–Crippen LogP) is 1.48. The van der Waals surface area contributed by atoms with Gasteiger partial charge < -0.3 is 10.1 Å².